The van der Waals surface area contributed by atoms with Crippen molar-refractivity contribution >= 4 is 17.8 Å². The molecule has 0 saturated carbocycles. The van der Waals surface area contributed by atoms with Crippen molar-refractivity contribution < 1.29 is 29.3 Å². The van der Waals surface area contributed by atoms with Gasteiger partial charge in [-0.3, -0.25) is 9.69 Å². The predicted molar refractivity (Wildman–Crippen MR) is 143 cm³/mol. The third kappa shape index (κ3) is 9.37. The summed E-state index contributed by atoms with van der Waals surface area (Å²) >= 11 is 0. The van der Waals surface area contributed by atoms with E-state index in [9.17, 15) is 4.79 Å². The molecule has 1 amide bonds. The molecule has 8 heteroatoms. The number of rotatable bonds is 8. The van der Waals surface area contributed by atoms with E-state index < -0.39 is 11.9 Å². The van der Waals surface area contributed by atoms with E-state index in [0.29, 0.717) is 6.61 Å². The summed E-state index contributed by atoms with van der Waals surface area (Å²) in [5.74, 6) is -2.47. The van der Waals surface area contributed by atoms with Gasteiger partial charge in [0.2, 0.25) is 5.91 Å². The summed E-state index contributed by atoms with van der Waals surface area (Å²) in [6, 6.07) is 28.8. The molecular formula is C30H34N2O6. The average molecular weight is 519 g/mol. The molecule has 3 aromatic carbocycles. The largest absolute Gasteiger partial charge is 0.489 e. The van der Waals surface area contributed by atoms with Crippen LogP contribution >= 0.6 is 0 Å². The fourth-order valence-corrected chi connectivity index (χ4v) is 4.20. The van der Waals surface area contributed by atoms with Crippen molar-refractivity contribution in [2.24, 2.45) is 5.92 Å². The molecule has 1 aliphatic heterocycles. The molecule has 0 spiro atoms. The molecule has 0 bridgehead atoms. The molecule has 1 atom stereocenters. The molecule has 38 heavy (non-hydrogen) atoms. The van der Waals surface area contributed by atoms with Gasteiger partial charge in [-0.2, -0.15) is 0 Å². The number of amides is 1. The third-order valence-electron chi connectivity index (χ3n) is 6.38. The zero-order valence-electron chi connectivity index (χ0n) is 21.5. The summed E-state index contributed by atoms with van der Waals surface area (Å²) in [5.41, 5.74) is 3.59. The van der Waals surface area contributed by atoms with Crippen molar-refractivity contribution in [3.8, 4) is 5.75 Å². The fraction of sp³-hybridized carbons (Fsp3) is 0.300. The zero-order chi connectivity index (χ0) is 27.3. The molecule has 0 aliphatic carbocycles. The van der Waals surface area contributed by atoms with Crippen LogP contribution in [0.2, 0.25) is 0 Å². The standard InChI is InChI=1S/C28H32N2O2.C2H2O4/c1-22(25-10-6-3-7-11-25)29-28(31)26-16-18-30(19-17-26)20-23-12-14-27(15-13-23)32-21-24-8-4-2-5-9-24;3-1(4)2(5)6/h2-15,22,26H,16-21H2,1H3,(H,29,31);(H,3,4)(H,5,6). The number of carboxylic acids is 2. The number of aliphatic carboxylic acids is 2. The SMILES string of the molecule is CC(NC(=O)C1CCN(Cc2ccc(OCc3ccccc3)cc2)CC1)c1ccccc1.O=C(O)C(=O)O. The molecule has 1 aliphatic rings. The van der Waals surface area contributed by atoms with Gasteiger partial charge in [0, 0.05) is 12.5 Å². The summed E-state index contributed by atoms with van der Waals surface area (Å²) in [5, 5.41) is 18.0. The predicted octanol–water partition coefficient (Wildman–Crippen LogP) is 4.51. The van der Waals surface area contributed by atoms with Crippen molar-refractivity contribution in [2.45, 2.75) is 39.0 Å². The van der Waals surface area contributed by atoms with Crippen LogP contribution in [-0.4, -0.2) is 46.0 Å². The molecule has 1 unspecified atom stereocenters. The van der Waals surface area contributed by atoms with Crippen LogP contribution in [0.5, 0.6) is 5.75 Å². The minimum Gasteiger partial charge on any atom is -0.489 e. The second-order valence-corrected chi connectivity index (χ2v) is 9.22. The molecule has 3 N–H and O–H groups in total. The second-order valence-electron chi connectivity index (χ2n) is 9.22. The minimum atomic E-state index is -1.82. The first-order valence-corrected chi connectivity index (χ1v) is 12.6. The van der Waals surface area contributed by atoms with E-state index in [-0.39, 0.29) is 17.9 Å². The molecule has 1 fully saturated rings. The van der Waals surface area contributed by atoms with Crippen molar-refractivity contribution in [3.63, 3.8) is 0 Å². The van der Waals surface area contributed by atoms with Crippen LogP contribution in [0.4, 0.5) is 0 Å². The number of piperidine rings is 1. The first-order chi connectivity index (χ1) is 18.3. The van der Waals surface area contributed by atoms with Gasteiger partial charge in [0.1, 0.15) is 12.4 Å². The van der Waals surface area contributed by atoms with Crippen molar-refractivity contribution in [1.82, 2.24) is 10.2 Å². The Bertz CT molecular complexity index is 1150. The van der Waals surface area contributed by atoms with Crippen LogP contribution in [-0.2, 0) is 27.5 Å². The zero-order valence-corrected chi connectivity index (χ0v) is 21.5. The number of likely N-dealkylation sites (tertiary alicyclic amines) is 1. The Labute approximate surface area is 222 Å². The lowest BCUT2D eigenvalue weighted by Gasteiger charge is -2.32. The third-order valence-corrected chi connectivity index (χ3v) is 6.38. The highest BCUT2D eigenvalue weighted by Crippen LogP contribution is 2.22. The maximum absolute atomic E-state index is 12.7. The second kappa shape index (κ2) is 14.5. The maximum atomic E-state index is 12.7. The summed E-state index contributed by atoms with van der Waals surface area (Å²) < 4.78 is 5.88. The smallest absolute Gasteiger partial charge is 0.414 e. The number of nitrogens with one attached hydrogen (secondary N) is 1. The lowest BCUT2D eigenvalue weighted by atomic mass is 9.95. The minimum absolute atomic E-state index is 0.0457. The maximum Gasteiger partial charge on any atom is 0.414 e. The van der Waals surface area contributed by atoms with E-state index >= 15 is 0 Å². The lowest BCUT2D eigenvalue weighted by Crippen LogP contribution is -2.40. The Morgan fingerprint density at radius 2 is 1.39 bits per heavy atom. The van der Waals surface area contributed by atoms with Gasteiger partial charge in [0.05, 0.1) is 6.04 Å². The van der Waals surface area contributed by atoms with E-state index in [1.54, 1.807) is 0 Å². The number of benzene rings is 3. The van der Waals surface area contributed by atoms with E-state index in [1.165, 1.54) is 11.1 Å². The molecule has 0 radical (unpaired) electrons. The monoisotopic (exact) mass is 518 g/mol. The number of nitrogens with zero attached hydrogens (tertiary/aromatic N) is 1. The Hall–Kier alpha value is -4.17. The number of hydrogen-bond acceptors (Lipinski definition) is 5. The molecule has 3 aromatic rings. The Morgan fingerprint density at radius 3 is 1.95 bits per heavy atom. The average Bonchev–Trinajstić information content (AvgIpc) is 2.94. The molecule has 1 saturated heterocycles. The van der Waals surface area contributed by atoms with Gasteiger partial charge >= 0.3 is 11.9 Å². The van der Waals surface area contributed by atoms with Crippen LogP contribution in [0.25, 0.3) is 0 Å². The molecule has 1 heterocycles. The number of carbonyl (C=O) groups is 3. The quantitative estimate of drug-likeness (QED) is 0.376. The summed E-state index contributed by atoms with van der Waals surface area (Å²) in [4.78, 5) is 33.3. The van der Waals surface area contributed by atoms with Crippen LogP contribution < -0.4 is 10.1 Å². The van der Waals surface area contributed by atoms with Crippen molar-refractivity contribution in [1.29, 1.82) is 0 Å². The number of ether oxygens (including phenoxy) is 1. The highest BCUT2D eigenvalue weighted by Gasteiger charge is 2.26. The molecule has 4 rings (SSSR count). The van der Waals surface area contributed by atoms with Crippen LogP contribution in [0.15, 0.2) is 84.9 Å². The highest BCUT2D eigenvalue weighted by molar-refractivity contribution is 6.27. The summed E-state index contributed by atoms with van der Waals surface area (Å²) in [7, 11) is 0. The number of carboxylic acid groups (broad SMARTS) is 2. The van der Waals surface area contributed by atoms with Gasteiger partial charge in [-0.05, 0) is 61.7 Å². The Balaban J connectivity index is 0.000000599. The molecule has 200 valence electrons. The Morgan fingerprint density at radius 1 is 0.842 bits per heavy atom. The Kier molecular flexibility index (Phi) is 10.9. The number of carbonyl (C=O) groups excluding carboxylic acids is 1. The van der Waals surface area contributed by atoms with Gasteiger partial charge in [-0.1, -0.05) is 72.8 Å². The lowest BCUT2D eigenvalue weighted by molar-refractivity contribution is -0.159. The molecule has 0 aromatic heterocycles. The molecule has 8 nitrogen and oxygen atoms in total. The van der Waals surface area contributed by atoms with E-state index in [1.807, 2.05) is 48.5 Å². The van der Waals surface area contributed by atoms with Crippen molar-refractivity contribution in [3.05, 3.63) is 102 Å². The van der Waals surface area contributed by atoms with Gasteiger partial charge < -0.3 is 20.3 Å². The van der Waals surface area contributed by atoms with E-state index in [0.717, 1.165) is 43.8 Å². The van der Waals surface area contributed by atoms with Gasteiger partial charge in [-0.25, -0.2) is 9.59 Å². The van der Waals surface area contributed by atoms with Gasteiger partial charge in [0.25, 0.3) is 0 Å². The summed E-state index contributed by atoms with van der Waals surface area (Å²) in [6.07, 6.45) is 1.82. The van der Waals surface area contributed by atoms with Gasteiger partial charge in [0.15, 0.2) is 0 Å². The van der Waals surface area contributed by atoms with Crippen molar-refractivity contribution in [2.75, 3.05) is 13.1 Å². The normalized spacial score (nSPS) is 14.4. The first-order valence-electron chi connectivity index (χ1n) is 12.6. The van der Waals surface area contributed by atoms with Crippen LogP contribution in [0.1, 0.15) is 42.5 Å². The van der Waals surface area contributed by atoms with Crippen LogP contribution in [0.3, 0.4) is 0 Å². The van der Waals surface area contributed by atoms with Crippen LogP contribution in [0, 0.1) is 5.92 Å². The highest BCUT2D eigenvalue weighted by atomic mass is 16.5. The number of hydrogen-bond donors (Lipinski definition) is 3. The summed E-state index contributed by atoms with van der Waals surface area (Å²) in [6.45, 7) is 5.44. The van der Waals surface area contributed by atoms with E-state index in [2.05, 4.69) is 53.5 Å². The first kappa shape index (κ1) is 28.4. The topological polar surface area (TPSA) is 116 Å². The van der Waals surface area contributed by atoms with E-state index in [4.69, 9.17) is 24.5 Å². The molecular weight excluding hydrogens is 484 g/mol. The van der Waals surface area contributed by atoms with Gasteiger partial charge in [-0.15, -0.1) is 0 Å². The fourth-order valence-electron chi connectivity index (χ4n) is 4.20.